The van der Waals surface area contributed by atoms with E-state index in [1.54, 1.807) is 0 Å². The molecule has 0 saturated carbocycles. The third-order valence-electron chi connectivity index (χ3n) is 6.46. The van der Waals surface area contributed by atoms with Crippen molar-refractivity contribution in [3.05, 3.63) is 34.9 Å². The number of hydrogen-bond donors (Lipinski definition) is 2. The maximum atomic E-state index is 14.3. The Labute approximate surface area is 171 Å². The minimum atomic E-state index is -0.867. The largest absolute Gasteiger partial charge is 0.314 e. The van der Waals surface area contributed by atoms with Gasteiger partial charge in [0.05, 0.1) is 0 Å². The molecule has 2 heterocycles. The number of Topliss-reactive ketones (excluding diaryl/α,β-unsaturated/α-hetero) is 1. The van der Waals surface area contributed by atoms with E-state index in [0.717, 1.165) is 30.5 Å². The summed E-state index contributed by atoms with van der Waals surface area (Å²) in [4.78, 5) is 35.9. The monoisotopic (exact) mass is 402 g/mol. The van der Waals surface area contributed by atoms with E-state index in [-0.39, 0.29) is 35.9 Å². The highest BCUT2D eigenvalue weighted by atomic mass is 19.1. The molecule has 2 saturated heterocycles. The Morgan fingerprint density at radius 2 is 2.03 bits per heavy atom. The molecule has 2 N–H and O–H groups in total. The third kappa shape index (κ3) is 5.10. The highest BCUT2D eigenvalue weighted by molar-refractivity contribution is 6.00. The Morgan fingerprint density at radius 3 is 2.69 bits per heavy atom. The first-order valence-corrected chi connectivity index (χ1v) is 10.7. The number of alkyl halides is 1. The fraction of sp³-hybridized carbons (Fsp3) is 0.609. The van der Waals surface area contributed by atoms with Gasteiger partial charge in [-0.2, -0.15) is 0 Å². The molecule has 2 amide bonds. The van der Waals surface area contributed by atoms with Gasteiger partial charge in [0.25, 0.3) is 0 Å². The summed E-state index contributed by atoms with van der Waals surface area (Å²) in [5.41, 5.74) is 3.38. The minimum Gasteiger partial charge on any atom is -0.314 e. The summed E-state index contributed by atoms with van der Waals surface area (Å²) in [7, 11) is 0. The summed E-state index contributed by atoms with van der Waals surface area (Å²) in [6, 6.07) is 6.20. The Bertz CT molecular complexity index is 779. The molecular formula is C23H31FN2O3. The number of piperidine rings is 2. The molecule has 158 valence electrons. The molecule has 4 atom stereocenters. The second-order valence-electron chi connectivity index (χ2n) is 8.31. The van der Waals surface area contributed by atoms with Gasteiger partial charge in [0.1, 0.15) is 12.0 Å². The number of benzene rings is 1. The summed E-state index contributed by atoms with van der Waals surface area (Å²) in [6.07, 6.45) is 2.76. The molecule has 0 spiro atoms. The van der Waals surface area contributed by atoms with E-state index >= 15 is 0 Å². The Hall–Kier alpha value is -2.08. The number of aryl methyl sites for hydroxylation is 2. The molecule has 4 unspecified atom stereocenters. The van der Waals surface area contributed by atoms with Gasteiger partial charge in [0, 0.05) is 30.7 Å². The highest BCUT2D eigenvalue weighted by Gasteiger charge is 2.35. The predicted molar refractivity (Wildman–Crippen MR) is 109 cm³/mol. The van der Waals surface area contributed by atoms with Crippen LogP contribution < -0.4 is 10.6 Å². The van der Waals surface area contributed by atoms with Crippen molar-refractivity contribution in [1.82, 2.24) is 10.6 Å². The van der Waals surface area contributed by atoms with Gasteiger partial charge in [-0.25, -0.2) is 4.39 Å². The van der Waals surface area contributed by atoms with Crippen LogP contribution in [0.3, 0.4) is 0 Å². The normalized spacial score (nSPS) is 26.1. The number of hydrogen-bond acceptors (Lipinski definition) is 4. The van der Waals surface area contributed by atoms with Crippen molar-refractivity contribution in [2.75, 3.05) is 13.1 Å². The summed E-state index contributed by atoms with van der Waals surface area (Å²) in [5.74, 6) is -1.48. The standard InChI is InChI=1S/C23H31FN2O3/c1-3-15-12-17(19-10-11-25-13-21(19)24)5-4-16(15)6-7-18(14(2)27)20-8-9-22(28)26-23(20)29/h4-5,12,18-21,25H,3,6-11,13H2,1-2H3,(H,26,28,29). The number of imide groups is 1. The molecular weight excluding hydrogens is 371 g/mol. The van der Waals surface area contributed by atoms with E-state index < -0.39 is 12.1 Å². The molecule has 3 rings (SSSR count). The highest BCUT2D eigenvalue weighted by Crippen LogP contribution is 2.31. The zero-order valence-electron chi connectivity index (χ0n) is 17.3. The first kappa shape index (κ1) is 21.6. The van der Waals surface area contributed by atoms with Crippen molar-refractivity contribution in [3.8, 4) is 0 Å². The molecule has 0 aromatic heterocycles. The van der Waals surface area contributed by atoms with Crippen molar-refractivity contribution < 1.29 is 18.8 Å². The fourth-order valence-corrected chi connectivity index (χ4v) is 4.74. The lowest BCUT2D eigenvalue weighted by Crippen LogP contribution is -2.45. The van der Waals surface area contributed by atoms with Gasteiger partial charge in [0.15, 0.2) is 0 Å². The van der Waals surface area contributed by atoms with Crippen molar-refractivity contribution in [2.24, 2.45) is 11.8 Å². The van der Waals surface area contributed by atoms with Crippen LogP contribution in [-0.4, -0.2) is 36.9 Å². The molecule has 2 aliphatic rings. The van der Waals surface area contributed by atoms with Gasteiger partial charge in [0.2, 0.25) is 11.8 Å². The molecule has 29 heavy (non-hydrogen) atoms. The molecule has 6 heteroatoms. The van der Waals surface area contributed by atoms with Gasteiger partial charge in [-0.1, -0.05) is 25.1 Å². The summed E-state index contributed by atoms with van der Waals surface area (Å²) in [6.45, 7) is 4.85. The van der Waals surface area contributed by atoms with E-state index in [1.165, 1.54) is 12.5 Å². The van der Waals surface area contributed by atoms with Crippen LogP contribution in [0.2, 0.25) is 0 Å². The van der Waals surface area contributed by atoms with Crippen molar-refractivity contribution in [2.45, 2.75) is 64.5 Å². The molecule has 0 aliphatic carbocycles. The number of carbonyl (C=O) groups is 3. The predicted octanol–water partition coefficient (Wildman–Crippen LogP) is 2.85. The lowest BCUT2D eigenvalue weighted by atomic mass is 9.79. The van der Waals surface area contributed by atoms with Gasteiger partial charge in [-0.3, -0.25) is 19.7 Å². The molecule has 2 aliphatic heterocycles. The number of ketones is 1. The van der Waals surface area contributed by atoms with Gasteiger partial charge >= 0.3 is 0 Å². The average Bonchev–Trinajstić information content (AvgIpc) is 2.69. The van der Waals surface area contributed by atoms with Crippen LogP contribution in [0.1, 0.15) is 62.1 Å². The number of amides is 2. The van der Waals surface area contributed by atoms with Crippen molar-refractivity contribution in [3.63, 3.8) is 0 Å². The van der Waals surface area contributed by atoms with Crippen LogP contribution in [0.5, 0.6) is 0 Å². The summed E-state index contributed by atoms with van der Waals surface area (Å²) < 4.78 is 14.3. The maximum Gasteiger partial charge on any atom is 0.230 e. The zero-order valence-corrected chi connectivity index (χ0v) is 17.3. The van der Waals surface area contributed by atoms with Crippen LogP contribution in [0.15, 0.2) is 18.2 Å². The topological polar surface area (TPSA) is 75.3 Å². The Balaban J connectivity index is 1.72. The molecule has 0 radical (unpaired) electrons. The van der Waals surface area contributed by atoms with Crippen LogP contribution in [0.4, 0.5) is 4.39 Å². The molecule has 0 bridgehead atoms. The van der Waals surface area contributed by atoms with Crippen molar-refractivity contribution >= 4 is 17.6 Å². The van der Waals surface area contributed by atoms with Crippen LogP contribution in [0.25, 0.3) is 0 Å². The Morgan fingerprint density at radius 1 is 1.24 bits per heavy atom. The summed E-state index contributed by atoms with van der Waals surface area (Å²) in [5, 5.41) is 5.46. The number of nitrogens with one attached hydrogen (secondary N) is 2. The maximum absolute atomic E-state index is 14.3. The fourth-order valence-electron chi connectivity index (χ4n) is 4.74. The first-order chi connectivity index (χ1) is 13.9. The average molecular weight is 403 g/mol. The smallest absolute Gasteiger partial charge is 0.230 e. The number of rotatable bonds is 7. The molecule has 2 fully saturated rings. The van der Waals surface area contributed by atoms with Gasteiger partial charge in [-0.15, -0.1) is 0 Å². The molecule has 1 aromatic rings. The van der Waals surface area contributed by atoms with Gasteiger partial charge in [-0.05, 0) is 62.3 Å². The quantitative estimate of drug-likeness (QED) is 0.688. The SMILES string of the molecule is CCc1cc(C2CCNCC2F)ccc1CCC(C(C)=O)C1CCC(=O)NC1=O. The minimum absolute atomic E-state index is 0.0101. The second kappa shape index (κ2) is 9.61. The van der Waals surface area contributed by atoms with Crippen LogP contribution in [0, 0.1) is 11.8 Å². The van der Waals surface area contributed by atoms with Crippen LogP contribution in [-0.2, 0) is 27.2 Å². The number of carbonyl (C=O) groups excluding carboxylic acids is 3. The lowest BCUT2D eigenvalue weighted by Gasteiger charge is -2.28. The van der Waals surface area contributed by atoms with E-state index in [0.29, 0.717) is 25.8 Å². The van der Waals surface area contributed by atoms with Crippen LogP contribution >= 0.6 is 0 Å². The molecule has 5 nitrogen and oxygen atoms in total. The van der Waals surface area contributed by atoms with E-state index in [4.69, 9.17) is 0 Å². The van der Waals surface area contributed by atoms with Crippen molar-refractivity contribution in [1.29, 1.82) is 0 Å². The zero-order chi connectivity index (χ0) is 21.0. The second-order valence-corrected chi connectivity index (χ2v) is 8.31. The number of halogens is 1. The lowest BCUT2D eigenvalue weighted by molar-refractivity contribution is -0.141. The third-order valence-corrected chi connectivity index (χ3v) is 6.46. The van der Waals surface area contributed by atoms with E-state index in [1.807, 2.05) is 6.07 Å². The first-order valence-electron chi connectivity index (χ1n) is 10.7. The summed E-state index contributed by atoms with van der Waals surface area (Å²) >= 11 is 0. The van der Waals surface area contributed by atoms with E-state index in [2.05, 4.69) is 29.7 Å². The Kier molecular flexibility index (Phi) is 7.17. The van der Waals surface area contributed by atoms with Gasteiger partial charge < -0.3 is 5.32 Å². The molecule has 1 aromatic carbocycles. The van der Waals surface area contributed by atoms with E-state index in [9.17, 15) is 18.8 Å².